The Bertz CT molecular complexity index is 4130. The molecule has 0 heterocycles. The van der Waals surface area contributed by atoms with Crippen LogP contribution in [0.1, 0.15) is 29.7 Å². The fourth-order valence-electron chi connectivity index (χ4n) is 11.8. The summed E-state index contributed by atoms with van der Waals surface area (Å²) in [6.07, 6.45) is 2.03. The van der Waals surface area contributed by atoms with E-state index in [4.69, 9.17) is 0 Å². The lowest BCUT2D eigenvalue weighted by Gasteiger charge is -2.25. The van der Waals surface area contributed by atoms with E-state index in [1.165, 1.54) is 66.8 Å². The zero-order valence-corrected chi connectivity index (χ0v) is 51.3. The van der Waals surface area contributed by atoms with Crippen molar-refractivity contribution in [1.29, 1.82) is 0 Å². The highest BCUT2D eigenvalue weighted by Crippen LogP contribution is 2.44. The Labute approximate surface area is 540 Å². The van der Waals surface area contributed by atoms with Crippen molar-refractivity contribution < 1.29 is 10.0 Å². The molecule has 0 aliphatic heterocycles. The second-order valence-corrected chi connectivity index (χ2v) is 23.6. The van der Waals surface area contributed by atoms with Crippen LogP contribution in [0.3, 0.4) is 0 Å². The minimum Gasteiger partial charge on any atom is -0.423 e. The Morgan fingerprint density at radius 1 is 0.247 bits per heavy atom. The van der Waals surface area contributed by atoms with Gasteiger partial charge in [-0.25, -0.2) is 0 Å². The molecule has 2 aliphatic carbocycles. The van der Waals surface area contributed by atoms with Gasteiger partial charge in [0.25, 0.3) is 0 Å². The fourth-order valence-corrected chi connectivity index (χ4v) is 12.6. The van der Waals surface area contributed by atoms with Crippen LogP contribution in [0.5, 0.6) is 0 Å². The molecule has 0 bridgehead atoms. The zero-order valence-electron chi connectivity index (χ0n) is 48.2. The van der Waals surface area contributed by atoms with Crippen molar-refractivity contribution in [1.82, 2.24) is 0 Å². The average molecular weight is 1280 g/mol. The minimum absolute atomic E-state index is 0. The van der Waals surface area contributed by atoms with Crippen LogP contribution in [0.25, 0.3) is 44.5 Å². The van der Waals surface area contributed by atoms with Crippen LogP contribution in [0.4, 0.5) is 51.2 Å². The monoisotopic (exact) mass is 1280 g/mol. The summed E-state index contributed by atoms with van der Waals surface area (Å²) in [6, 6.07) is 114. The van der Waals surface area contributed by atoms with Crippen molar-refractivity contribution in [3.63, 3.8) is 0 Å². The molecule has 2 aliphatic rings. The van der Waals surface area contributed by atoms with Gasteiger partial charge in [0.05, 0.1) is 0 Å². The third-order valence-corrected chi connectivity index (χ3v) is 17.1. The molecule has 5 nitrogen and oxygen atoms in total. The number of anilines is 9. The van der Waals surface area contributed by atoms with Crippen molar-refractivity contribution >= 4 is 95.6 Å². The van der Waals surface area contributed by atoms with E-state index >= 15 is 0 Å². The molecule has 0 radical (unpaired) electrons. The number of halogens is 2. The second kappa shape index (κ2) is 27.5. The molecular formula is C81H64BBr2N3O2. The van der Waals surface area contributed by atoms with Crippen molar-refractivity contribution in [2.24, 2.45) is 0 Å². The number of para-hydroxylation sites is 6. The zero-order chi connectivity index (χ0) is 59.8. The molecule has 15 rings (SSSR count). The van der Waals surface area contributed by atoms with Gasteiger partial charge in [-0.1, -0.05) is 221 Å². The molecule has 0 amide bonds. The molecule has 2 N–H and O–H groups in total. The fraction of sp³-hybridized carbons (Fsp3) is 0.0370. The quantitative estimate of drug-likeness (QED) is 0.119. The van der Waals surface area contributed by atoms with Crippen LogP contribution in [0, 0.1) is 0 Å². The highest BCUT2D eigenvalue weighted by Gasteiger charge is 2.22. The van der Waals surface area contributed by atoms with E-state index < -0.39 is 7.12 Å². The van der Waals surface area contributed by atoms with Crippen molar-refractivity contribution in [3.05, 3.63) is 359 Å². The van der Waals surface area contributed by atoms with Crippen LogP contribution in [0.2, 0.25) is 0 Å². The first-order valence-corrected chi connectivity index (χ1v) is 31.1. The molecule has 13 aromatic carbocycles. The molecule has 89 heavy (non-hydrogen) atoms. The number of nitrogens with zero attached hydrogens (tertiary/aromatic N) is 3. The molecule has 432 valence electrons. The smallest absolute Gasteiger partial charge is 0.423 e. The van der Waals surface area contributed by atoms with Gasteiger partial charge in [0.2, 0.25) is 0 Å². The summed E-state index contributed by atoms with van der Waals surface area (Å²) in [5, 5.41) is 18.5. The molecule has 0 unspecified atom stereocenters. The molecule has 0 fully saturated rings. The van der Waals surface area contributed by atoms with Crippen LogP contribution in [-0.4, -0.2) is 17.2 Å². The van der Waals surface area contributed by atoms with Gasteiger partial charge >= 0.3 is 7.12 Å². The van der Waals surface area contributed by atoms with Gasteiger partial charge in [-0.05, 0) is 231 Å². The van der Waals surface area contributed by atoms with E-state index in [1.807, 2.05) is 72.8 Å². The molecular weight excluding hydrogens is 1220 g/mol. The summed E-state index contributed by atoms with van der Waals surface area (Å²) >= 11 is 7.05. The lowest BCUT2D eigenvalue weighted by Crippen LogP contribution is -2.29. The summed E-state index contributed by atoms with van der Waals surface area (Å²) in [7, 11) is -1.45. The number of fused-ring (bicyclic) bond motifs is 6. The summed E-state index contributed by atoms with van der Waals surface area (Å²) < 4.78 is 2.29. The van der Waals surface area contributed by atoms with E-state index in [0.29, 0.717) is 5.46 Å². The highest BCUT2D eigenvalue weighted by molar-refractivity contribution is 9.10. The average Bonchev–Trinajstić information content (AvgIpc) is 2.51. The van der Waals surface area contributed by atoms with Crippen molar-refractivity contribution in [2.45, 2.75) is 20.3 Å². The SMILES string of the molecule is Brc1ccc2c(c1)-c1cc(Br)ccc1C2.C.OB(O)c1ccc(N(c2ccccc2)c2ccccc2)cc1.c1ccc(N(c2ccccc2)c2ccc(-c3ccc4c(c3)-c3cc(-c5ccc(N(c6ccccc6)c6ccccc6)cc5)ccc3C4)cc2)cc1. The normalized spacial score (nSPS) is 11.2. The molecule has 0 spiro atoms. The molecule has 13 aromatic rings. The summed E-state index contributed by atoms with van der Waals surface area (Å²) in [4.78, 5) is 6.73. The maximum absolute atomic E-state index is 9.23. The van der Waals surface area contributed by atoms with Gasteiger partial charge in [-0.2, -0.15) is 0 Å². The van der Waals surface area contributed by atoms with Crippen molar-refractivity contribution in [3.8, 4) is 44.5 Å². The first-order chi connectivity index (χ1) is 43.3. The lowest BCUT2D eigenvalue weighted by atomic mass is 9.80. The van der Waals surface area contributed by atoms with Gasteiger partial charge in [-0.15, -0.1) is 0 Å². The minimum atomic E-state index is -1.45. The summed E-state index contributed by atoms with van der Waals surface area (Å²) in [5.41, 5.74) is 26.3. The topological polar surface area (TPSA) is 50.2 Å². The molecule has 0 atom stereocenters. The van der Waals surface area contributed by atoms with E-state index in [0.717, 1.165) is 73.0 Å². The van der Waals surface area contributed by atoms with Gasteiger partial charge in [0.15, 0.2) is 0 Å². The van der Waals surface area contributed by atoms with Gasteiger partial charge in [0, 0.05) is 60.1 Å². The van der Waals surface area contributed by atoms with Crippen LogP contribution in [-0.2, 0) is 12.8 Å². The predicted octanol–water partition coefficient (Wildman–Crippen LogP) is 21.8. The van der Waals surface area contributed by atoms with Gasteiger partial charge in [0.1, 0.15) is 0 Å². The van der Waals surface area contributed by atoms with Crippen LogP contribution >= 0.6 is 31.9 Å². The number of hydrogen-bond acceptors (Lipinski definition) is 5. The second-order valence-electron chi connectivity index (χ2n) is 21.8. The van der Waals surface area contributed by atoms with E-state index in [2.05, 4.69) is 289 Å². The molecule has 8 heteroatoms. The Hall–Kier alpha value is -9.80. The first kappa shape index (κ1) is 59.5. The first-order valence-electron chi connectivity index (χ1n) is 29.5. The summed E-state index contributed by atoms with van der Waals surface area (Å²) in [5.74, 6) is 0. The largest absolute Gasteiger partial charge is 0.488 e. The Morgan fingerprint density at radius 3 is 0.742 bits per heavy atom. The van der Waals surface area contributed by atoms with E-state index in [1.54, 1.807) is 12.1 Å². The van der Waals surface area contributed by atoms with E-state index in [-0.39, 0.29) is 7.43 Å². The maximum atomic E-state index is 9.23. The van der Waals surface area contributed by atoms with Crippen molar-refractivity contribution in [2.75, 3.05) is 14.7 Å². The van der Waals surface area contributed by atoms with Crippen LogP contribution < -0.4 is 20.2 Å². The van der Waals surface area contributed by atoms with Gasteiger partial charge < -0.3 is 24.7 Å². The number of rotatable bonds is 12. The Balaban J connectivity index is 0.000000165. The van der Waals surface area contributed by atoms with E-state index in [9.17, 15) is 10.0 Å². The maximum Gasteiger partial charge on any atom is 0.488 e. The van der Waals surface area contributed by atoms with Gasteiger partial charge in [-0.3, -0.25) is 0 Å². The standard InChI is InChI=1S/C49H36N2.C18H16BNO2.C13H8Br2.CH4/c1-5-13-42(14-6-1)50(43-15-7-2-8-16-43)46-29-25-36(26-30-46)38-21-23-40-33-41-24-22-39(35-49(41)48(40)34-38)37-27-31-47(32-28-37)51(44-17-9-3-10-18-44)45-19-11-4-12-20-45;21-19(22)15-11-13-18(14-12-15)20(16-7-3-1-4-8-16)17-9-5-2-6-10-17;14-10-3-1-8-5-9-2-4-11(15)7-13(9)12(8)6-10;/h1-32,34-35H,33H2;1-14,21-22H;1-4,6-7H,5H2;1H4. The predicted molar refractivity (Wildman–Crippen MR) is 383 cm³/mol. The Kier molecular flexibility index (Phi) is 18.4. The molecule has 0 aromatic heterocycles. The number of benzene rings is 13. The third-order valence-electron chi connectivity index (χ3n) is 16.2. The van der Waals surface area contributed by atoms with Crippen LogP contribution in [0.15, 0.2) is 337 Å². The lowest BCUT2D eigenvalue weighted by molar-refractivity contribution is 0.426. The third kappa shape index (κ3) is 13.4. The number of hydrogen-bond donors (Lipinski definition) is 2. The molecule has 0 saturated heterocycles. The Morgan fingerprint density at radius 2 is 0.472 bits per heavy atom. The molecule has 0 saturated carbocycles. The highest BCUT2D eigenvalue weighted by atomic mass is 79.9. The summed E-state index contributed by atoms with van der Waals surface area (Å²) in [6.45, 7) is 0.